The fourth-order valence-electron chi connectivity index (χ4n) is 5.56. The van der Waals surface area contributed by atoms with Gasteiger partial charge in [-0.05, 0) is 91.4 Å². The Hall–Kier alpha value is -4.23. The lowest BCUT2D eigenvalue weighted by Gasteiger charge is -2.27. The van der Waals surface area contributed by atoms with Gasteiger partial charge in [0.1, 0.15) is 5.75 Å². The van der Waals surface area contributed by atoms with Gasteiger partial charge in [0, 0.05) is 29.9 Å². The number of hydrogen-bond acceptors (Lipinski definition) is 6. The number of nitrogens with zero attached hydrogens (tertiary/aromatic N) is 2. The summed E-state index contributed by atoms with van der Waals surface area (Å²) < 4.78 is 5.36. The molecule has 0 radical (unpaired) electrons. The van der Waals surface area contributed by atoms with E-state index >= 15 is 0 Å². The first kappa shape index (κ1) is 28.3. The van der Waals surface area contributed by atoms with E-state index in [1.54, 1.807) is 7.11 Å². The van der Waals surface area contributed by atoms with E-state index in [1.807, 2.05) is 43.6 Å². The number of unbranched alkanes of at least 4 members (excludes halogenated alkanes) is 1. The molecule has 0 spiro atoms. The Kier molecular flexibility index (Phi) is 9.26. The van der Waals surface area contributed by atoms with E-state index in [9.17, 15) is 4.79 Å². The molecule has 3 N–H and O–H groups in total. The second-order valence-electron chi connectivity index (χ2n) is 10.5. The van der Waals surface area contributed by atoms with Crippen LogP contribution in [-0.2, 0) is 24.1 Å². The van der Waals surface area contributed by atoms with Crippen LogP contribution < -0.4 is 20.7 Å². The van der Waals surface area contributed by atoms with Crippen LogP contribution in [-0.4, -0.2) is 43.1 Å². The lowest BCUT2D eigenvalue weighted by Crippen LogP contribution is -2.17. The van der Waals surface area contributed by atoms with E-state index in [0.717, 1.165) is 78.2 Å². The first-order valence-corrected chi connectivity index (χ1v) is 14.5. The first-order valence-electron chi connectivity index (χ1n) is 14.5. The predicted molar refractivity (Wildman–Crippen MR) is 166 cm³/mol. The number of aryl methyl sites for hydroxylation is 1. The summed E-state index contributed by atoms with van der Waals surface area (Å²) >= 11 is 0. The van der Waals surface area contributed by atoms with Gasteiger partial charge in [-0.1, -0.05) is 49.4 Å². The Bertz CT molecular complexity index is 1490. The molecular formula is C34H39N5O2. The maximum absolute atomic E-state index is 12.9. The van der Waals surface area contributed by atoms with Crippen molar-refractivity contribution in [1.29, 1.82) is 0 Å². The van der Waals surface area contributed by atoms with Gasteiger partial charge in [0.05, 0.1) is 19.2 Å². The Morgan fingerprint density at radius 2 is 1.80 bits per heavy atom. The molecule has 1 aliphatic carbocycles. The number of ether oxygens (including phenoxy) is 1. The standard InChI is InChI=1S/C34H39N5O2/c1-4-23-13-16-28(41-3)19-25(23)21-32(40)38-27-14-11-24(12-15-27)31-20-26-22-37-34(36-18-8-7-17-35-2)39-33(26)30-10-6-5-9-29(30)31/h5-6,9-16,19,22,31,35H,4,7-8,17-18,20-21H2,1-3H3,(H,38,40)(H,36,37,39). The van der Waals surface area contributed by atoms with E-state index in [4.69, 9.17) is 9.72 Å². The van der Waals surface area contributed by atoms with E-state index in [1.165, 1.54) is 11.1 Å². The van der Waals surface area contributed by atoms with Crippen LogP contribution in [0.4, 0.5) is 11.6 Å². The average molecular weight is 550 g/mol. The lowest BCUT2D eigenvalue weighted by atomic mass is 9.78. The molecule has 0 saturated carbocycles. The number of aromatic nitrogens is 2. The SMILES string of the molecule is CCc1ccc(OC)cc1CC(=O)Nc1ccc(C2Cc3cnc(NCCCCNC)nc3-c3ccccc32)cc1. The van der Waals surface area contributed by atoms with Gasteiger partial charge in [-0.25, -0.2) is 9.97 Å². The minimum atomic E-state index is -0.0405. The van der Waals surface area contributed by atoms with Gasteiger partial charge >= 0.3 is 0 Å². The highest BCUT2D eigenvalue weighted by Crippen LogP contribution is 2.42. The van der Waals surface area contributed by atoms with Crippen LogP contribution in [0.25, 0.3) is 11.3 Å². The van der Waals surface area contributed by atoms with Crippen molar-refractivity contribution in [2.24, 2.45) is 0 Å². The quantitative estimate of drug-likeness (QED) is 0.188. The zero-order valence-corrected chi connectivity index (χ0v) is 24.2. The smallest absolute Gasteiger partial charge is 0.228 e. The van der Waals surface area contributed by atoms with Gasteiger partial charge < -0.3 is 20.7 Å². The van der Waals surface area contributed by atoms with Crippen LogP contribution in [0.5, 0.6) is 5.75 Å². The maximum Gasteiger partial charge on any atom is 0.228 e. The average Bonchev–Trinajstić information content (AvgIpc) is 3.01. The molecule has 1 atom stereocenters. The Labute approximate surface area is 242 Å². The van der Waals surface area contributed by atoms with Gasteiger partial charge in [0.25, 0.3) is 0 Å². The highest BCUT2D eigenvalue weighted by molar-refractivity contribution is 5.92. The van der Waals surface area contributed by atoms with E-state index in [-0.39, 0.29) is 11.8 Å². The summed E-state index contributed by atoms with van der Waals surface area (Å²) in [7, 11) is 3.62. The van der Waals surface area contributed by atoms with Crippen molar-refractivity contribution < 1.29 is 9.53 Å². The fourth-order valence-corrected chi connectivity index (χ4v) is 5.56. The van der Waals surface area contributed by atoms with E-state index in [0.29, 0.717) is 12.4 Å². The summed E-state index contributed by atoms with van der Waals surface area (Å²) in [6, 6.07) is 22.7. The normalized spacial score (nSPS) is 13.7. The predicted octanol–water partition coefficient (Wildman–Crippen LogP) is 6.00. The van der Waals surface area contributed by atoms with Crippen molar-refractivity contribution in [3.05, 3.63) is 101 Å². The lowest BCUT2D eigenvalue weighted by molar-refractivity contribution is -0.115. The number of anilines is 2. The molecule has 3 aromatic carbocycles. The van der Waals surface area contributed by atoms with Gasteiger partial charge in [-0.15, -0.1) is 0 Å². The Morgan fingerprint density at radius 3 is 2.59 bits per heavy atom. The number of methoxy groups -OCH3 is 1. The number of carbonyl (C=O) groups excluding carboxylic acids is 1. The van der Waals surface area contributed by atoms with Crippen molar-refractivity contribution in [2.75, 3.05) is 37.9 Å². The van der Waals surface area contributed by atoms with Crippen molar-refractivity contribution in [1.82, 2.24) is 15.3 Å². The number of nitrogens with one attached hydrogen (secondary N) is 3. The minimum Gasteiger partial charge on any atom is -0.497 e. The molecule has 0 aliphatic heterocycles. The second-order valence-corrected chi connectivity index (χ2v) is 10.5. The highest BCUT2D eigenvalue weighted by atomic mass is 16.5. The van der Waals surface area contributed by atoms with Crippen LogP contribution in [0.1, 0.15) is 53.5 Å². The molecule has 1 heterocycles. The largest absolute Gasteiger partial charge is 0.497 e. The topological polar surface area (TPSA) is 88.2 Å². The monoisotopic (exact) mass is 549 g/mol. The molecule has 1 aliphatic rings. The van der Waals surface area contributed by atoms with Crippen molar-refractivity contribution in [3.63, 3.8) is 0 Å². The van der Waals surface area contributed by atoms with Crippen LogP contribution in [0.15, 0.2) is 72.9 Å². The molecule has 1 aromatic heterocycles. The summed E-state index contributed by atoms with van der Waals surface area (Å²) in [6.07, 6.45) is 6.16. The summed E-state index contributed by atoms with van der Waals surface area (Å²) in [5.41, 5.74) is 8.72. The number of rotatable bonds is 12. The van der Waals surface area contributed by atoms with Gasteiger partial charge in [-0.3, -0.25) is 4.79 Å². The highest BCUT2D eigenvalue weighted by Gasteiger charge is 2.27. The molecule has 4 aromatic rings. The summed E-state index contributed by atoms with van der Waals surface area (Å²) in [5.74, 6) is 1.60. The fraction of sp³-hybridized carbons (Fsp3) is 0.324. The van der Waals surface area contributed by atoms with Gasteiger partial charge in [0.2, 0.25) is 11.9 Å². The zero-order chi connectivity index (χ0) is 28.6. The second kappa shape index (κ2) is 13.4. The number of fused-ring (bicyclic) bond motifs is 3. The summed E-state index contributed by atoms with van der Waals surface area (Å²) in [4.78, 5) is 22.4. The number of benzene rings is 3. The number of amides is 1. The van der Waals surface area contributed by atoms with Crippen molar-refractivity contribution in [2.45, 2.75) is 44.9 Å². The van der Waals surface area contributed by atoms with Gasteiger partial charge in [-0.2, -0.15) is 0 Å². The van der Waals surface area contributed by atoms with Crippen LogP contribution >= 0.6 is 0 Å². The zero-order valence-electron chi connectivity index (χ0n) is 24.2. The third-order valence-corrected chi connectivity index (χ3v) is 7.76. The molecule has 41 heavy (non-hydrogen) atoms. The third-order valence-electron chi connectivity index (χ3n) is 7.76. The molecular weight excluding hydrogens is 510 g/mol. The van der Waals surface area contributed by atoms with Crippen molar-refractivity contribution in [3.8, 4) is 17.0 Å². The molecule has 5 rings (SSSR count). The Balaban J connectivity index is 1.28. The molecule has 0 fully saturated rings. The molecule has 212 valence electrons. The van der Waals surface area contributed by atoms with E-state index in [2.05, 4.69) is 64.3 Å². The molecule has 1 amide bonds. The molecule has 7 heteroatoms. The van der Waals surface area contributed by atoms with Crippen LogP contribution in [0.3, 0.4) is 0 Å². The molecule has 1 unspecified atom stereocenters. The van der Waals surface area contributed by atoms with Crippen LogP contribution in [0, 0.1) is 0 Å². The van der Waals surface area contributed by atoms with Crippen molar-refractivity contribution >= 4 is 17.5 Å². The maximum atomic E-state index is 12.9. The molecule has 0 saturated heterocycles. The molecule has 7 nitrogen and oxygen atoms in total. The Morgan fingerprint density at radius 1 is 1.00 bits per heavy atom. The molecule has 0 bridgehead atoms. The summed E-state index contributed by atoms with van der Waals surface area (Å²) in [5, 5.41) is 9.64. The van der Waals surface area contributed by atoms with E-state index < -0.39 is 0 Å². The summed E-state index contributed by atoms with van der Waals surface area (Å²) in [6.45, 7) is 3.96. The van der Waals surface area contributed by atoms with Crippen LogP contribution in [0.2, 0.25) is 0 Å². The minimum absolute atomic E-state index is 0.0405. The number of hydrogen-bond donors (Lipinski definition) is 3. The first-order chi connectivity index (χ1) is 20.1. The van der Waals surface area contributed by atoms with Gasteiger partial charge in [0.15, 0.2) is 0 Å². The number of carbonyl (C=O) groups is 1. The third kappa shape index (κ3) is 6.74.